The van der Waals surface area contributed by atoms with E-state index < -0.39 is 35.6 Å². The van der Waals surface area contributed by atoms with Crippen LogP contribution >= 0.6 is 15.9 Å². The van der Waals surface area contributed by atoms with Crippen LogP contribution in [-0.2, 0) is 19.1 Å². The Hall–Kier alpha value is -3.01. The van der Waals surface area contributed by atoms with Crippen LogP contribution < -0.4 is 4.90 Å². The van der Waals surface area contributed by atoms with E-state index in [0.717, 1.165) is 17.2 Å². The van der Waals surface area contributed by atoms with Gasteiger partial charge in [-0.15, -0.1) is 13.2 Å². The summed E-state index contributed by atoms with van der Waals surface area (Å²) in [6, 6.07) is 12.2. The number of hydrogen-bond donors (Lipinski definition) is 1. The summed E-state index contributed by atoms with van der Waals surface area (Å²) >= 11 is 3.78. The number of carbonyl (C=O) groups excluding carboxylic acids is 3. The second-order valence-corrected chi connectivity index (χ2v) is 13.6. The van der Waals surface area contributed by atoms with Gasteiger partial charge in [0.25, 0.3) is 5.91 Å². The monoisotopic (exact) mass is 665 g/mol. The SMILES string of the molecule is C=CCN(CCC)C(=O)[C@H]1[C@H]2C(=O)N([C@@H](CO)[C@@H](C)CC)C(C(=O)N(CC=C)c3ccc4ccccc4c3)C23CC(Br)[C@@H]1O3. The van der Waals surface area contributed by atoms with Gasteiger partial charge in [-0.1, -0.05) is 85.6 Å². The zero-order chi connectivity index (χ0) is 31.8. The number of alkyl halides is 1. The molecule has 0 aliphatic carbocycles. The van der Waals surface area contributed by atoms with Crippen LogP contribution in [0.4, 0.5) is 5.69 Å². The molecule has 1 N–H and O–H groups in total. The lowest BCUT2D eigenvalue weighted by molar-refractivity contribution is -0.148. The number of aliphatic hydroxyl groups is 1. The predicted octanol–water partition coefficient (Wildman–Crippen LogP) is 4.94. The van der Waals surface area contributed by atoms with Gasteiger partial charge in [0, 0.05) is 30.1 Å². The van der Waals surface area contributed by atoms with Crippen LogP contribution in [-0.4, -0.2) is 87.5 Å². The number of aliphatic hydroxyl groups excluding tert-OH is 1. The Labute approximate surface area is 268 Å². The van der Waals surface area contributed by atoms with Crippen molar-refractivity contribution in [2.75, 3.05) is 31.1 Å². The fraction of sp³-hybridized carbons (Fsp3) is 0.514. The Balaban J connectivity index is 1.64. The molecule has 3 unspecified atom stereocenters. The van der Waals surface area contributed by atoms with Crippen molar-refractivity contribution in [3.63, 3.8) is 0 Å². The topological polar surface area (TPSA) is 90.4 Å². The fourth-order valence-corrected chi connectivity index (χ4v) is 8.62. The van der Waals surface area contributed by atoms with Crippen molar-refractivity contribution in [3.8, 4) is 0 Å². The van der Waals surface area contributed by atoms with Crippen LogP contribution in [0, 0.1) is 17.8 Å². The summed E-state index contributed by atoms with van der Waals surface area (Å²) in [4.78, 5) is 48.6. The summed E-state index contributed by atoms with van der Waals surface area (Å²) in [6.07, 6.45) is 4.67. The predicted molar refractivity (Wildman–Crippen MR) is 176 cm³/mol. The summed E-state index contributed by atoms with van der Waals surface area (Å²) < 4.78 is 6.78. The number of rotatable bonds is 13. The molecule has 3 fully saturated rings. The van der Waals surface area contributed by atoms with E-state index in [4.69, 9.17) is 4.74 Å². The van der Waals surface area contributed by atoms with Crippen molar-refractivity contribution in [2.24, 2.45) is 17.8 Å². The van der Waals surface area contributed by atoms with E-state index in [2.05, 4.69) is 29.1 Å². The van der Waals surface area contributed by atoms with Gasteiger partial charge in [-0.2, -0.15) is 0 Å². The maximum atomic E-state index is 15.0. The smallest absolute Gasteiger partial charge is 0.253 e. The fourth-order valence-electron chi connectivity index (χ4n) is 7.67. The Morgan fingerprint density at radius 2 is 1.84 bits per heavy atom. The van der Waals surface area contributed by atoms with Crippen LogP contribution in [0.5, 0.6) is 0 Å². The van der Waals surface area contributed by atoms with Crippen molar-refractivity contribution in [1.29, 1.82) is 0 Å². The highest BCUT2D eigenvalue weighted by Gasteiger charge is 2.77. The van der Waals surface area contributed by atoms with Crippen molar-refractivity contribution >= 4 is 50.1 Å². The van der Waals surface area contributed by atoms with Crippen molar-refractivity contribution in [1.82, 2.24) is 9.80 Å². The molecule has 2 bridgehead atoms. The molecule has 8 nitrogen and oxygen atoms in total. The lowest BCUT2D eigenvalue weighted by atomic mass is 9.70. The van der Waals surface area contributed by atoms with Gasteiger partial charge >= 0.3 is 0 Å². The van der Waals surface area contributed by atoms with Crippen LogP contribution in [0.2, 0.25) is 0 Å². The summed E-state index contributed by atoms with van der Waals surface area (Å²) in [6.45, 7) is 14.6. The summed E-state index contributed by atoms with van der Waals surface area (Å²) in [7, 11) is 0. The molecule has 3 aliphatic rings. The molecule has 0 saturated carbocycles. The van der Waals surface area contributed by atoms with E-state index >= 15 is 4.79 Å². The van der Waals surface area contributed by atoms with Crippen molar-refractivity contribution in [2.45, 2.75) is 68.6 Å². The number of hydrogen-bond acceptors (Lipinski definition) is 5. The molecule has 3 heterocycles. The third kappa shape index (κ3) is 5.20. The van der Waals surface area contributed by atoms with Gasteiger partial charge in [-0.3, -0.25) is 14.4 Å². The second-order valence-electron chi connectivity index (χ2n) is 12.4. The molecule has 5 rings (SSSR count). The van der Waals surface area contributed by atoms with Gasteiger partial charge in [0.15, 0.2) is 0 Å². The number of ether oxygens (including phenoxy) is 1. The average molecular weight is 667 g/mol. The van der Waals surface area contributed by atoms with E-state index in [-0.39, 0.29) is 41.6 Å². The Morgan fingerprint density at radius 1 is 1.14 bits per heavy atom. The molecule has 1 spiro atoms. The van der Waals surface area contributed by atoms with E-state index in [1.54, 1.807) is 26.9 Å². The van der Waals surface area contributed by atoms with Crippen LogP contribution in [0.15, 0.2) is 67.8 Å². The van der Waals surface area contributed by atoms with Gasteiger partial charge in [-0.25, -0.2) is 0 Å². The van der Waals surface area contributed by atoms with Gasteiger partial charge < -0.3 is 24.5 Å². The minimum Gasteiger partial charge on any atom is -0.394 e. The lowest BCUT2D eigenvalue weighted by Crippen LogP contribution is -2.60. The highest BCUT2D eigenvalue weighted by atomic mass is 79.9. The second kappa shape index (κ2) is 13.2. The quantitative estimate of drug-likeness (QED) is 0.242. The van der Waals surface area contributed by atoms with Gasteiger partial charge in [0.05, 0.1) is 30.6 Å². The maximum Gasteiger partial charge on any atom is 0.253 e. The first-order chi connectivity index (χ1) is 21.2. The molecule has 0 radical (unpaired) electrons. The lowest BCUT2D eigenvalue weighted by Gasteiger charge is -2.41. The third-order valence-electron chi connectivity index (χ3n) is 9.87. The van der Waals surface area contributed by atoms with Crippen molar-refractivity contribution in [3.05, 3.63) is 67.8 Å². The Bertz CT molecular complexity index is 1430. The number of amides is 3. The number of nitrogens with zero attached hydrogens (tertiary/aromatic N) is 3. The van der Waals surface area contributed by atoms with Crippen LogP contribution in [0.1, 0.15) is 40.0 Å². The summed E-state index contributed by atoms with van der Waals surface area (Å²) in [5.74, 6) is -2.44. The number of fused-ring (bicyclic) bond motifs is 2. The zero-order valence-electron chi connectivity index (χ0n) is 25.9. The Morgan fingerprint density at radius 3 is 2.48 bits per heavy atom. The highest BCUT2D eigenvalue weighted by molar-refractivity contribution is 9.09. The first kappa shape index (κ1) is 32.4. The van der Waals surface area contributed by atoms with Crippen LogP contribution in [0.3, 0.4) is 0 Å². The molecule has 3 saturated heterocycles. The molecular formula is C35H44BrN3O5. The van der Waals surface area contributed by atoms with E-state index in [1.165, 1.54) is 0 Å². The van der Waals surface area contributed by atoms with Gasteiger partial charge in [-0.05, 0) is 41.7 Å². The maximum absolute atomic E-state index is 15.0. The normalized spacial score (nSPS) is 28.5. The van der Waals surface area contributed by atoms with Gasteiger partial charge in [0.1, 0.15) is 11.6 Å². The number of anilines is 1. The number of halogens is 1. The van der Waals surface area contributed by atoms with Crippen LogP contribution in [0.25, 0.3) is 10.8 Å². The zero-order valence-corrected chi connectivity index (χ0v) is 27.5. The summed E-state index contributed by atoms with van der Waals surface area (Å²) in [5, 5.41) is 12.7. The molecule has 8 atom stereocenters. The molecular weight excluding hydrogens is 622 g/mol. The Kier molecular flexibility index (Phi) is 9.68. The molecule has 44 heavy (non-hydrogen) atoms. The highest BCUT2D eigenvalue weighted by Crippen LogP contribution is 2.61. The average Bonchev–Trinajstić information content (AvgIpc) is 3.62. The molecule has 2 aromatic rings. The molecule has 0 aromatic heterocycles. The number of likely N-dealkylation sites (tertiary alicyclic amines) is 1. The molecule has 3 amide bonds. The minimum atomic E-state index is -1.23. The first-order valence-corrected chi connectivity index (χ1v) is 16.7. The molecule has 2 aromatic carbocycles. The third-order valence-corrected chi connectivity index (χ3v) is 10.7. The largest absolute Gasteiger partial charge is 0.394 e. The molecule has 3 aliphatic heterocycles. The van der Waals surface area contributed by atoms with E-state index in [9.17, 15) is 14.7 Å². The van der Waals surface area contributed by atoms with Crippen molar-refractivity contribution < 1.29 is 24.2 Å². The van der Waals surface area contributed by atoms with E-state index in [1.807, 2.05) is 63.2 Å². The first-order valence-electron chi connectivity index (χ1n) is 15.7. The summed E-state index contributed by atoms with van der Waals surface area (Å²) in [5.41, 5.74) is -0.545. The number of benzene rings is 2. The molecule has 236 valence electrons. The molecule has 9 heteroatoms. The minimum absolute atomic E-state index is 0.0912. The van der Waals surface area contributed by atoms with E-state index in [0.29, 0.717) is 31.6 Å². The number of carbonyl (C=O) groups is 3. The standard InChI is InChI=1S/C35H44BrN3O5/c1-6-16-37(17-7-2)32(41)28-29-33(42)39(27(21-40)22(5)9-4)31(35(29)20-26(36)30(28)44-35)34(43)38(18-8-3)25-15-14-23-12-10-11-13-24(23)19-25/h6,8,10-15,19,22,26-31,40H,1,3,7,9,16-18,20-21H2,2,4-5H3/t22-,26?,27-,28-,29-,30-,31?,35?/m0/s1. The van der Waals surface area contributed by atoms with Gasteiger partial charge in [0.2, 0.25) is 11.8 Å².